The molecule has 0 aliphatic heterocycles. The van der Waals surface area contributed by atoms with E-state index in [0.717, 1.165) is 13.0 Å². The first-order valence-corrected chi connectivity index (χ1v) is 5.62. The van der Waals surface area contributed by atoms with E-state index in [1.54, 1.807) is 6.07 Å². The second kappa shape index (κ2) is 7.04. The molecule has 0 saturated heterocycles. The number of carbonyl (C=O) groups excluding carboxylic acids is 1. The Morgan fingerprint density at radius 2 is 2.41 bits per heavy atom. The summed E-state index contributed by atoms with van der Waals surface area (Å²) in [6, 6.07) is 1.66. The number of hydrogen-bond donors (Lipinski definition) is 1. The van der Waals surface area contributed by atoms with Crippen molar-refractivity contribution in [3.8, 4) is 0 Å². The summed E-state index contributed by atoms with van der Waals surface area (Å²) in [6.45, 7) is 0.887. The number of carbonyl (C=O) groups is 1. The van der Waals surface area contributed by atoms with Gasteiger partial charge in [-0.2, -0.15) is 0 Å². The van der Waals surface area contributed by atoms with Gasteiger partial charge >= 0.3 is 5.97 Å². The predicted molar refractivity (Wildman–Crippen MR) is 68.2 cm³/mol. The van der Waals surface area contributed by atoms with Crippen molar-refractivity contribution in [1.82, 2.24) is 10.3 Å². The van der Waals surface area contributed by atoms with Crippen LogP contribution < -0.4 is 5.32 Å². The van der Waals surface area contributed by atoms with Gasteiger partial charge in [-0.3, -0.25) is 0 Å². The molecule has 0 fully saturated rings. The molecule has 0 aromatic carbocycles. The molecular formula is C12H15ClN2O2. The van der Waals surface area contributed by atoms with Gasteiger partial charge in [0, 0.05) is 11.8 Å². The minimum absolute atomic E-state index is 0.373. The number of halogens is 1. The smallest absolute Gasteiger partial charge is 0.339 e. The molecule has 0 amide bonds. The van der Waals surface area contributed by atoms with E-state index < -0.39 is 5.97 Å². The van der Waals surface area contributed by atoms with Crippen LogP contribution in [0.15, 0.2) is 18.3 Å². The molecule has 1 rings (SSSR count). The van der Waals surface area contributed by atoms with E-state index >= 15 is 0 Å². The molecular weight excluding hydrogens is 240 g/mol. The molecule has 5 heteroatoms. The monoisotopic (exact) mass is 254 g/mol. The van der Waals surface area contributed by atoms with Crippen LogP contribution in [0.4, 0.5) is 0 Å². The van der Waals surface area contributed by atoms with Crippen molar-refractivity contribution in [3.05, 3.63) is 34.6 Å². The third kappa shape index (κ3) is 4.17. The summed E-state index contributed by atoms with van der Waals surface area (Å²) in [7, 11) is 3.22. The summed E-state index contributed by atoms with van der Waals surface area (Å²) in [5.41, 5.74) is 1.11. The second-order valence-electron chi connectivity index (χ2n) is 3.39. The zero-order valence-corrected chi connectivity index (χ0v) is 10.6. The Morgan fingerprint density at radius 1 is 1.65 bits per heavy atom. The van der Waals surface area contributed by atoms with E-state index in [2.05, 4.69) is 15.0 Å². The van der Waals surface area contributed by atoms with Crippen LogP contribution >= 0.6 is 11.6 Å². The van der Waals surface area contributed by atoms with Crippen molar-refractivity contribution < 1.29 is 9.53 Å². The second-order valence-corrected chi connectivity index (χ2v) is 3.75. The standard InChI is InChI=1S/C12H15ClN2O2/c1-14-6-4-3-5-9-7-10(12(16)17-2)8-15-11(9)13/h3,5,7-8,14H,4,6H2,1-2H3. The van der Waals surface area contributed by atoms with Crippen LogP contribution in [0, 0.1) is 0 Å². The number of ether oxygens (including phenoxy) is 1. The Bertz CT molecular complexity index is 419. The molecule has 0 saturated carbocycles. The average Bonchev–Trinajstić information content (AvgIpc) is 2.35. The number of rotatable bonds is 5. The van der Waals surface area contributed by atoms with Crippen LogP contribution in [0.5, 0.6) is 0 Å². The van der Waals surface area contributed by atoms with Crippen LogP contribution in [-0.4, -0.2) is 31.7 Å². The van der Waals surface area contributed by atoms with Gasteiger partial charge in [0.1, 0.15) is 5.15 Å². The SMILES string of the molecule is CNCCC=Cc1cc(C(=O)OC)cnc1Cl. The predicted octanol–water partition coefficient (Wildman–Crippen LogP) is 2.14. The highest BCUT2D eigenvalue weighted by Crippen LogP contribution is 2.16. The molecule has 92 valence electrons. The molecule has 1 heterocycles. The lowest BCUT2D eigenvalue weighted by molar-refractivity contribution is 0.0600. The number of aromatic nitrogens is 1. The van der Waals surface area contributed by atoms with Crippen molar-refractivity contribution in [2.45, 2.75) is 6.42 Å². The molecule has 1 aromatic rings. The van der Waals surface area contributed by atoms with E-state index in [0.29, 0.717) is 16.3 Å². The van der Waals surface area contributed by atoms with Crippen LogP contribution in [0.1, 0.15) is 22.3 Å². The van der Waals surface area contributed by atoms with Gasteiger partial charge in [0.05, 0.1) is 12.7 Å². The summed E-state index contributed by atoms with van der Waals surface area (Å²) in [5, 5.41) is 3.41. The number of methoxy groups -OCH3 is 1. The fourth-order valence-corrected chi connectivity index (χ4v) is 1.42. The lowest BCUT2D eigenvalue weighted by Gasteiger charge is -2.02. The molecule has 0 unspecified atom stereocenters. The molecule has 0 spiro atoms. The van der Waals surface area contributed by atoms with Gasteiger partial charge in [-0.25, -0.2) is 9.78 Å². The molecule has 0 atom stereocenters. The Kier molecular flexibility index (Phi) is 5.66. The first-order chi connectivity index (χ1) is 8.19. The highest BCUT2D eigenvalue weighted by atomic mass is 35.5. The fourth-order valence-electron chi connectivity index (χ4n) is 1.25. The van der Waals surface area contributed by atoms with E-state index in [1.165, 1.54) is 13.3 Å². The summed E-state index contributed by atoms with van der Waals surface area (Å²) >= 11 is 5.93. The van der Waals surface area contributed by atoms with Crippen LogP contribution in [0.2, 0.25) is 5.15 Å². The molecule has 4 nitrogen and oxygen atoms in total. The lowest BCUT2D eigenvalue weighted by Crippen LogP contribution is -2.05. The molecule has 0 aliphatic rings. The zero-order chi connectivity index (χ0) is 12.7. The first kappa shape index (κ1) is 13.7. The quantitative estimate of drug-likeness (QED) is 0.497. The number of hydrogen-bond acceptors (Lipinski definition) is 4. The average molecular weight is 255 g/mol. The Labute approximate surface area is 106 Å². The molecule has 0 aliphatic carbocycles. The van der Waals surface area contributed by atoms with Gasteiger partial charge in [0.25, 0.3) is 0 Å². The van der Waals surface area contributed by atoms with Crippen molar-refractivity contribution in [1.29, 1.82) is 0 Å². The molecule has 0 radical (unpaired) electrons. The first-order valence-electron chi connectivity index (χ1n) is 5.24. The molecule has 0 bridgehead atoms. The Hall–Kier alpha value is -1.39. The lowest BCUT2D eigenvalue weighted by atomic mass is 10.2. The fraction of sp³-hybridized carbons (Fsp3) is 0.333. The van der Waals surface area contributed by atoms with Crippen molar-refractivity contribution >= 4 is 23.6 Å². The number of pyridine rings is 1. The number of nitrogens with one attached hydrogen (secondary N) is 1. The van der Waals surface area contributed by atoms with E-state index in [4.69, 9.17) is 11.6 Å². The van der Waals surface area contributed by atoms with Crippen LogP contribution in [0.3, 0.4) is 0 Å². The largest absolute Gasteiger partial charge is 0.465 e. The van der Waals surface area contributed by atoms with Gasteiger partial charge in [0.15, 0.2) is 0 Å². The van der Waals surface area contributed by atoms with Crippen molar-refractivity contribution in [2.75, 3.05) is 20.7 Å². The summed E-state index contributed by atoms with van der Waals surface area (Å²) in [5.74, 6) is -0.418. The summed E-state index contributed by atoms with van der Waals surface area (Å²) in [4.78, 5) is 15.3. The Balaban J connectivity index is 2.83. The zero-order valence-electron chi connectivity index (χ0n) is 9.87. The van der Waals surface area contributed by atoms with E-state index in [1.807, 2.05) is 19.2 Å². The summed E-state index contributed by atoms with van der Waals surface area (Å²) < 4.78 is 4.62. The third-order valence-corrected chi connectivity index (χ3v) is 2.46. The minimum Gasteiger partial charge on any atom is -0.465 e. The minimum atomic E-state index is -0.418. The molecule has 1 aromatic heterocycles. The van der Waals surface area contributed by atoms with Gasteiger partial charge in [-0.15, -0.1) is 0 Å². The molecule has 17 heavy (non-hydrogen) atoms. The van der Waals surface area contributed by atoms with E-state index in [9.17, 15) is 4.79 Å². The number of esters is 1. The maximum absolute atomic E-state index is 11.3. The maximum Gasteiger partial charge on any atom is 0.339 e. The summed E-state index contributed by atoms with van der Waals surface area (Å²) in [6.07, 6.45) is 6.11. The maximum atomic E-state index is 11.3. The highest BCUT2D eigenvalue weighted by Gasteiger charge is 2.08. The van der Waals surface area contributed by atoms with Gasteiger partial charge in [-0.05, 0) is 26.1 Å². The van der Waals surface area contributed by atoms with Crippen molar-refractivity contribution in [2.24, 2.45) is 0 Å². The topological polar surface area (TPSA) is 51.2 Å². The third-order valence-electron chi connectivity index (χ3n) is 2.15. The van der Waals surface area contributed by atoms with Crippen molar-refractivity contribution in [3.63, 3.8) is 0 Å². The van der Waals surface area contributed by atoms with Gasteiger partial charge in [0.2, 0.25) is 0 Å². The normalized spacial score (nSPS) is 10.8. The van der Waals surface area contributed by atoms with E-state index in [-0.39, 0.29) is 0 Å². The van der Waals surface area contributed by atoms with Crippen LogP contribution in [-0.2, 0) is 4.74 Å². The highest BCUT2D eigenvalue weighted by molar-refractivity contribution is 6.30. The van der Waals surface area contributed by atoms with Crippen LogP contribution in [0.25, 0.3) is 6.08 Å². The number of nitrogens with zero attached hydrogens (tertiary/aromatic N) is 1. The van der Waals surface area contributed by atoms with Gasteiger partial charge < -0.3 is 10.1 Å². The Morgan fingerprint density at radius 3 is 3.06 bits per heavy atom. The molecule has 1 N–H and O–H groups in total. The van der Waals surface area contributed by atoms with Gasteiger partial charge in [-0.1, -0.05) is 23.8 Å².